The van der Waals surface area contributed by atoms with Crippen LogP contribution < -0.4 is 15.6 Å². The number of anilines is 1. The van der Waals surface area contributed by atoms with Gasteiger partial charge in [-0.1, -0.05) is 37.7 Å². The smallest absolute Gasteiger partial charge is 0.257 e. The maximum absolute atomic E-state index is 13.2. The number of hydrogen-bond acceptors (Lipinski definition) is 6. The summed E-state index contributed by atoms with van der Waals surface area (Å²) in [5, 5.41) is 3.86. The van der Waals surface area contributed by atoms with E-state index in [0.717, 1.165) is 17.7 Å². The monoisotopic (exact) mass is 397 g/mol. The number of nitrogens with one attached hydrogen (secondary N) is 2. The molecule has 1 aliphatic carbocycles. The minimum absolute atomic E-state index is 0.0746. The number of rotatable bonds is 3. The number of carbonyl (C=O) groups excluding carboxylic acids is 1. The lowest BCUT2D eigenvalue weighted by Gasteiger charge is -2.38. The summed E-state index contributed by atoms with van der Waals surface area (Å²) >= 11 is 1.38. The molecule has 0 bridgehead atoms. The first-order valence-electron chi connectivity index (χ1n) is 9.18. The molecule has 0 saturated carbocycles. The van der Waals surface area contributed by atoms with E-state index >= 15 is 0 Å². The third-order valence-corrected chi connectivity index (χ3v) is 5.90. The van der Waals surface area contributed by atoms with Gasteiger partial charge in [0.25, 0.3) is 5.56 Å². The number of ketones is 1. The SMILES string of the molecule is COc1cccc([C@H]2C3=C(CC(C)(C)CC3=O)Nc3nc(SC)[nH]c(=O)c32)c1. The Kier molecular flexibility index (Phi) is 4.57. The van der Waals surface area contributed by atoms with Gasteiger partial charge in [0, 0.05) is 23.6 Å². The zero-order valence-corrected chi connectivity index (χ0v) is 17.2. The Morgan fingerprint density at radius 1 is 1.25 bits per heavy atom. The van der Waals surface area contributed by atoms with Gasteiger partial charge in [-0.3, -0.25) is 9.59 Å². The van der Waals surface area contributed by atoms with Gasteiger partial charge in [0.1, 0.15) is 11.6 Å². The van der Waals surface area contributed by atoms with Gasteiger partial charge in [0.15, 0.2) is 10.9 Å². The fraction of sp³-hybridized carbons (Fsp3) is 0.381. The fourth-order valence-corrected chi connectivity index (χ4v) is 4.52. The number of H-pyrrole nitrogens is 1. The molecular formula is C21H23N3O3S. The number of nitrogens with zero attached hydrogens (tertiary/aromatic N) is 1. The third-order valence-electron chi connectivity index (χ3n) is 5.32. The van der Waals surface area contributed by atoms with E-state index in [1.807, 2.05) is 30.5 Å². The number of hydrogen-bond donors (Lipinski definition) is 2. The van der Waals surface area contributed by atoms with Gasteiger partial charge < -0.3 is 15.0 Å². The minimum Gasteiger partial charge on any atom is -0.497 e. The molecule has 2 heterocycles. The van der Waals surface area contributed by atoms with Gasteiger partial charge >= 0.3 is 0 Å². The normalized spacial score (nSPS) is 20.3. The van der Waals surface area contributed by atoms with Crippen LogP contribution in [0.1, 0.15) is 43.7 Å². The highest BCUT2D eigenvalue weighted by Gasteiger charge is 2.42. The fourth-order valence-electron chi connectivity index (χ4n) is 4.14. The maximum Gasteiger partial charge on any atom is 0.257 e. The molecule has 0 fully saturated rings. The summed E-state index contributed by atoms with van der Waals surface area (Å²) in [6.45, 7) is 4.18. The molecule has 146 valence electrons. The molecule has 1 aromatic heterocycles. The van der Waals surface area contributed by atoms with Gasteiger partial charge in [-0.05, 0) is 35.8 Å². The summed E-state index contributed by atoms with van der Waals surface area (Å²) in [7, 11) is 1.60. The summed E-state index contributed by atoms with van der Waals surface area (Å²) < 4.78 is 5.37. The molecule has 2 aromatic rings. The van der Waals surface area contributed by atoms with Crippen molar-refractivity contribution in [3.8, 4) is 5.75 Å². The predicted molar refractivity (Wildman–Crippen MR) is 110 cm³/mol. The van der Waals surface area contributed by atoms with Crippen LogP contribution in [0.4, 0.5) is 5.82 Å². The minimum atomic E-state index is -0.461. The zero-order chi connectivity index (χ0) is 20.1. The van der Waals surface area contributed by atoms with Crippen molar-refractivity contribution in [1.82, 2.24) is 9.97 Å². The number of carbonyl (C=O) groups is 1. The van der Waals surface area contributed by atoms with Crippen molar-refractivity contribution in [3.63, 3.8) is 0 Å². The van der Waals surface area contributed by atoms with Gasteiger partial charge in [0.2, 0.25) is 0 Å². The van der Waals surface area contributed by atoms with Crippen LogP contribution in [-0.4, -0.2) is 29.1 Å². The Bertz CT molecular complexity index is 1060. The van der Waals surface area contributed by atoms with E-state index in [1.54, 1.807) is 7.11 Å². The highest BCUT2D eigenvalue weighted by atomic mass is 32.2. The molecule has 0 radical (unpaired) electrons. The first-order chi connectivity index (χ1) is 13.3. The van der Waals surface area contributed by atoms with E-state index in [9.17, 15) is 9.59 Å². The number of methoxy groups -OCH3 is 1. The number of aromatic amines is 1. The number of allylic oxidation sites excluding steroid dienone is 2. The van der Waals surface area contributed by atoms with Crippen LogP contribution in [0.2, 0.25) is 0 Å². The second-order valence-electron chi connectivity index (χ2n) is 8.01. The van der Waals surface area contributed by atoms with Crippen LogP contribution in [-0.2, 0) is 4.79 Å². The van der Waals surface area contributed by atoms with Crippen molar-refractivity contribution in [1.29, 1.82) is 0 Å². The molecule has 1 aliphatic heterocycles. The number of aromatic nitrogens is 2. The largest absolute Gasteiger partial charge is 0.497 e. The second-order valence-corrected chi connectivity index (χ2v) is 8.80. The Morgan fingerprint density at radius 2 is 2.04 bits per heavy atom. The molecule has 0 unspecified atom stereocenters. The van der Waals surface area contributed by atoms with E-state index in [0.29, 0.717) is 34.3 Å². The predicted octanol–water partition coefficient (Wildman–Crippen LogP) is 3.70. The van der Waals surface area contributed by atoms with E-state index in [-0.39, 0.29) is 16.8 Å². The van der Waals surface area contributed by atoms with Crippen molar-refractivity contribution >= 4 is 23.4 Å². The Balaban J connectivity index is 1.98. The maximum atomic E-state index is 13.2. The van der Waals surface area contributed by atoms with Gasteiger partial charge in [0.05, 0.1) is 12.7 Å². The Labute approximate surface area is 167 Å². The van der Waals surface area contributed by atoms with Crippen molar-refractivity contribution in [2.75, 3.05) is 18.7 Å². The Hall–Kier alpha value is -2.54. The van der Waals surface area contributed by atoms with Crippen LogP contribution in [0, 0.1) is 5.41 Å². The zero-order valence-electron chi connectivity index (χ0n) is 16.4. The first kappa shape index (κ1) is 18.8. The molecule has 2 N–H and O–H groups in total. The summed E-state index contributed by atoms with van der Waals surface area (Å²) in [6.07, 6.45) is 3.06. The average Bonchev–Trinajstić information content (AvgIpc) is 2.65. The number of benzene rings is 1. The molecule has 4 rings (SSSR count). The molecule has 0 amide bonds. The summed E-state index contributed by atoms with van der Waals surface area (Å²) in [5.74, 6) is 0.835. The summed E-state index contributed by atoms with van der Waals surface area (Å²) in [6, 6.07) is 7.55. The lowest BCUT2D eigenvalue weighted by atomic mass is 9.69. The van der Waals surface area contributed by atoms with E-state index < -0.39 is 5.92 Å². The van der Waals surface area contributed by atoms with Gasteiger partial charge in [-0.2, -0.15) is 0 Å². The van der Waals surface area contributed by atoms with Crippen molar-refractivity contribution in [2.24, 2.45) is 5.41 Å². The molecule has 7 heteroatoms. The average molecular weight is 398 g/mol. The molecule has 6 nitrogen and oxygen atoms in total. The van der Waals surface area contributed by atoms with Crippen LogP contribution in [0.3, 0.4) is 0 Å². The summed E-state index contributed by atoms with van der Waals surface area (Å²) in [4.78, 5) is 33.6. The number of ether oxygens (including phenoxy) is 1. The van der Waals surface area contributed by atoms with Crippen molar-refractivity contribution < 1.29 is 9.53 Å². The van der Waals surface area contributed by atoms with Gasteiger partial charge in [-0.15, -0.1) is 0 Å². The van der Waals surface area contributed by atoms with Crippen LogP contribution in [0.5, 0.6) is 5.75 Å². The van der Waals surface area contributed by atoms with Crippen molar-refractivity contribution in [2.45, 2.75) is 37.8 Å². The molecule has 1 aromatic carbocycles. The molecular weight excluding hydrogens is 374 g/mol. The Morgan fingerprint density at radius 3 is 2.75 bits per heavy atom. The quantitative estimate of drug-likeness (QED) is 0.607. The van der Waals surface area contributed by atoms with E-state index in [4.69, 9.17) is 4.74 Å². The highest BCUT2D eigenvalue weighted by molar-refractivity contribution is 7.98. The lowest BCUT2D eigenvalue weighted by Crippen LogP contribution is -2.37. The highest BCUT2D eigenvalue weighted by Crippen LogP contribution is 2.47. The van der Waals surface area contributed by atoms with Crippen LogP contribution >= 0.6 is 11.8 Å². The summed E-state index contributed by atoms with van der Waals surface area (Å²) in [5.41, 5.74) is 2.52. The number of fused-ring (bicyclic) bond motifs is 1. The van der Waals surface area contributed by atoms with Crippen LogP contribution in [0.15, 0.2) is 45.5 Å². The molecule has 2 aliphatic rings. The van der Waals surface area contributed by atoms with E-state index in [2.05, 4.69) is 29.1 Å². The molecule has 28 heavy (non-hydrogen) atoms. The van der Waals surface area contributed by atoms with E-state index in [1.165, 1.54) is 11.8 Å². The van der Waals surface area contributed by atoms with Crippen LogP contribution in [0.25, 0.3) is 0 Å². The third kappa shape index (κ3) is 3.13. The molecule has 1 atom stereocenters. The lowest BCUT2D eigenvalue weighted by molar-refractivity contribution is -0.118. The van der Waals surface area contributed by atoms with Crippen molar-refractivity contribution in [3.05, 3.63) is 57.0 Å². The molecule has 0 spiro atoms. The topological polar surface area (TPSA) is 84.1 Å². The molecule has 0 saturated heterocycles. The second kappa shape index (κ2) is 6.81. The van der Waals surface area contributed by atoms with Gasteiger partial charge in [-0.25, -0.2) is 4.98 Å². The first-order valence-corrected chi connectivity index (χ1v) is 10.4. The number of thioether (sulfide) groups is 1. The number of Topliss-reactive ketones (excluding diaryl/α,β-unsaturated/α-hetero) is 1. The standard InChI is InChI=1S/C21H23N3O3S/c1-21(2)9-13-16(14(25)10-21)15(11-6-5-7-12(8-11)27-3)17-18(22-13)23-20(28-4)24-19(17)26/h5-8,15H,9-10H2,1-4H3,(H2,22,23,24,26)/t15-/m0/s1.